The highest BCUT2D eigenvalue weighted by atomic mass is 16.5. The number of carbonyl (C=O) groups excluding carboxylic acids is 1. The Morgan fingerprint density at radius 3 is 2.89 bits per heavy atom. The van der Waals surface area contributed by atoms with Crippen LogP contribution in [0.2, 0.25) is 0 Å². The van der Waals surface area contributed by atoms with E-state index < -0.39 is 0 Å². The van der Waals surface area contributed by atoms with Crippen LogP contribution in [0.5, 0.6) is 0 Å². The SMILES string of the molecule is CCOC(=O)CCc1c(CCC#N)nc2[nH]ncc2c1-c1cncc(C)c1. The second kappa shape index (κ2) is 8.41. The quantitative estimate of drug-likeness (QED) is 0.646. The Morgan fingerprint density at radius 2 is 2.15 bits per heavy atom. The first-order valence-corrected chi connectivity index (χ1v) is 8.93. The van der Waals surface area contributed by atoms with Crippen LogP contribution in [0.25, 0.3) is 22.2 Å². The Labute approximate surface area is 157 Å². The molecule has 0 atom stereocenters. The van der Waals surface area contributed by atoms with E-state index in [2.05, 4.69) is 32.3 Å². The summed E-state index contributed by atoms with van der Waals surface area (Å²) in [5.74, 6) is -0.246. The van der Waals surface area contributed by atoms with E-state index in [4.69, 9.17) is 10.00 Å². The van der Waals surface area contributed by atoms with Gasteiger partial charge in [0.1, 0.15) is 0 Å². The van der Waals surface area contributed by atoms with E-state index >= 15 is 0 Å². The Kier molecular flexibility index (Phi) is 5.77. The number of hydrogen-bond acceptors (Lipinski definition) is 6. The molecule has 3 rings (SSSR count). The molecule has 0 radical (unpaired) electrons. The predicted octanol–water partition coefficient (Wildman–Crippen LogP) is 3.28. The minimum absolute atomic E-state index is 0.246. The minimum Gasteiger partial charge on any atom is -0.466 e. The number of aromatic amines is 1. The summed E-state index contributed by atoms with van der Waals surface area (Å²) in [5, 5.41) is 16.9. The minimum atomic E-state index is -0.246. The smallest absolute Gasteiger partial charge is 0.306 e. The molecule has 0 aromatic carbocycles. The van der Waals surface area contributed by atoms with Gasteiger partial charge in [-0.15, -0.1) is 0 Å². The van der Waals surface area contributed by atoms with Gasteiger partial charge in [-0.05, 0) is 37.5 Å². The zero-order valence-electron chi connectivity index (χ0n) is 15.5. The normalized spacial score (nSPS) is 10.7. The molecule has 3 aromatic heterocycles. The van der Waals surface area contributed by atoms with Crippen molar-refractivity contribution in [2.45, 2.75) is 39.5 Å². The summed E-state index contributed by atoms with van der Waals surface area (Å²) in [6.07, 6.45) is 6.94. The molecule has 0 amide bonds. The monoisotopic (exact) mass is 363 g/mol. The highest BCUT2D eigenvalue weighted by molar-refractivity contribution is 5.94. The van der Waals surface area contributed by atoms with Crippen LogP contribution < -0.4 is 0 Å². The van der Waals surface area contributed by atoms with Crippen molar-refractivity contribution >= 4 is 17.0 Å². The Balaban J connectivity index is 2.16. The summed E-state index contributed by atoms with van der Waals surface area (Å²) >= 11 is 0. The summed E-state index contributed by atoms with van der Waals surface area (Å²) in [4.78, 5) is 20.9. The van der Waals surface area contributed by atoms with Crippen LogP contribution in [-0.4, -0.2) is 32.7 Å². The maximum atomic E-state index is 11.9. The number of rotatable bonds is 7. The van der Waals surface area contributed by atoms with Gasteiger partial charge in [0.2, 0.25) is 0 Å². The predicted molar refractivity (Wildman–Crippen MR) is 101 cm³/mol. The number of nitrogens with one attached hydrogen (secondary N) is 1. The molecule has 3 aromatic rings. The van der Waals surface area contributed by atoms with Gasteiger partial charge in [-0.2, -0.15) is 10.4 Å². The lowest BCUT2D eigenvalue weighted by Gasteiger charge is -2.15. The number of esters is 1. The highest BCUT2D eigenvalue weighted by Crippen LogP contribution is 2.33. The fourth-order valence-electron chi connectivity index (χ4n) is 3.19. The summed E-state index contributed by atoms with van der Waals surface area (Å²) in [5.41, 5.74) is 5.35. The van der Waals surface area contributed by atoms with Crippen LogP contribution in [0, 0.1) is 18.3 Å². The van der Waals surface area contributed by atoms with Crippen LogP contribution in [0.1, 0.15) is 36.6 Å². The van der Waals surface area contributed by atoms with Gasteiger partial charge >= 0.3 is 5.97 Å². The van der Waals surface area contributed by atoms with Gasteiger partial charge in [-0.25, -0.2) is 4.98 Å². The van der Waals surface area contributed by atoms with E-state index in [0.29, 0.717) is 31.5 Å². The van der Waals surface area contributed by atoms with Gasteiger partial charge in [0.25, 0.3) is 0 Å². The molecular weight excluding hydrogens is 342 g/mol. The molecule has 7 heteroatoms. The van der Waals surface area contributed by atoms with Crippen molar-refractivity contribution in [3.63, 3.8) is 0 Å². The molecule has 0 unspecified atom stereocenters. The molecule has 0 aliphatic rings. The Morgan fingerprint density at radius 1 is 1.30 bits per heavy atom. The standard InChI is InChI=1S/C20H21N5O2/c1-3-27-18(26)7-6-15-17(5-4-8-21)24-20-16(12-23-25-20)19(15)14-9-13(2)10-22-11-14/h9-12H,3-7H2,1-2H3,(H,23,24,25). The topological polar surface area (TPSA) is 105 Å². The number of nitriles is 1. The molecule has 0 saturated carbocycles. The van der Waals surface area contributed by atoms with Crippen molar-refractivity contribution in [3.8, 4) is 17.2 Å². The lowest BCUT2D eigenvalue weighted by atomic mass is 9.92. The maximum absolute atomic E-state index is 11.9. The zero-order chi connectivity index (χ0) is 19.2. The van der Waals surface area contributed by atoms with Crippen LogP contribution >= 0.6 is 0 Å². The van der Waals surface area contributed by atoms with Gasteiger partial charge < -0.3 is 4.74 Å². The number of pyridine rings is 2. The fourth-order valence-corrected chi connectivity index (χ4v) is 3.19. The van der Waals surface area contributed by atoms with Gasteiger partial charge in [0.05, 0.1) is 18.9 Å². The lowest BCUT2D eigenvalue weighted by Crippen LogP contribution is -2.09. The van der Waals surface area contributed by atoms with E-state index in [-0.39, 0.29) is 12.4 Å². The zero-order valence-corrected chi connectivity index (χ0v) is 15.5. The van der Waals surface area contributed by atoms with Crippen molar-refractivity contribution < 1.29 is 9.53 Å². The number of nitrogens with zero attached hydrogens (tertiary/aromatic N) is 4. The summed E-state index contributed by atoms with van der Waals surface area (Å²) < 4.78 is 5.08. The van der Waals surface area contributed by atoms with Crippen molar-refractivity contribution in [2.24, 2.45) is 0 Å². The van der Waals surface area contributed by atoms with Crippen molar-refractivity contribution in [1.82, 2.24) is 20.2 Å². The van der Waals surface area contributed by atoms with Crippen LogP contribution in [0.4, 0.5) is 0 Å². The first-order chi connectivity index (χ1) is 13.1. The molecule has 1 N–H and O–H groups in total. The molecule has 0 fully saturated rings. The summed E-state index contributed by atoms with van der Waals surface area (Å²) in [6.45, 7) is 4.13. The van der Waals surface area contributed by atoms with Gasteiger partial charge in [-0.1, -0.05) is 0 Å². The van der Waals surface area contributed by atoms with Crippen molar-refractivity contribution in [2.75, 3.05) is 6.61 Å². The van der Waals surface area contributed by atoms with E-state index in [1.807, 2.05) is 6.92 Å². The van der Waals surface area contributed by atoms with E-state index in [0.717, 1.165) is 33.3 Å². The first kappa shape index (κ1) is 18.5. The number of ether oxygens (including phenoxy) is 1. The average Bonchev–Trinajstić information content (AvgIpc) is 3.12. The van der Waals surface area contributed by atoms with Gasteiger partial charge in [0, 0.05) is 53.9 Å². The number of carbonyl (C=O) groups is 1. The molecule has 138 valence electrons. The van der Waals surface area contributed by atoms with Crippen molar-refractivity contribution in [1.29, 1.82) is 5.26 Å². The molecule has 0 aliphatic carbocycles. The largest absolute Gasteiger partial charge is 0.466 e. The molecule has 0 saturated heterocycles. The maximum Gasteiger partial charge on any atom is 0.306 e. The molecule has 0 aliphatic heterocycles. The number of hydrogen-bond donors (Lipinski definition) is 1. The molecule has 3 heterocycles. The van der Waals surface area contributed by atoms with E-state index in [9.17, 15) is 4.79 Å². The summed E-state index contributed by atoms with van der Waals surface area (Å²) in [6, 6.07) is 4.22. The van der Waals surface area contributed by atoms with Crippen LogP contribution in [0.15, 0.2) is 24.7 Å². The van der Waals surface area contributed by atoms with E-state index in [1.165, 1.54) is 0 Å². The molecule has 0 bridgehead atoms. The van der Waals surface area contributed by atoms with Crippen LogP contribution in [0.3, 0.4) is 0 Å². The third-order valence-electron chi connectivity index (χ3n) is 4.31. The second-order valence-electron chi connectivity index (χ2n) is 6.26. The average molecular weight is 363 g/mol. The summed E-state index contributed by atoms with van der Waals surface area (Å²) in [7, 11) is 0. The highest BCUT2D eigenvalue weighted by Gasteiger charge is 2.19. The van der Waals surface area contributed by atoms with Gasteiger partial charge in [0.15, 0.2) is 5.65 Å². The lowest BCUT2D eigenvalue weighted by molar-refractivity contribution is -0.143. The molecule has 0 spiro atoms. The van der Waals surface area contributed by atoms with Crippen LogP contribution in [-0.2, 0) is 22.4 Å². The van der Waals surface area contributed by atoms with Crippen molar-refractivity contribution in [3.05, 3.63) is 41.5 Å². The third kappa shape index (κ3) is 4.11. The fraction of sp³-hybridized carbons (Fsp3) is 0.350. The number of H-pyrrole nitrogens is 1. The third-order valence-corrected chi connectivity index (χ3v) is 4.31. The number of aryl methyl sites for hydroxylation is 2. The van der Waals surface area contributed by atoms with E-state index in [1.54, 1.807) is 25.5 Å². The molecular formula is C20H21N5O2. The Bertz CT molecular complexity index is 1000. The number of aromatic nitrogens is 4. The molecule has 7 nitrogen and oxygen atoms in total. The number of fused-ring (bicyclic) bond motifs is 1. The second-order valence-corrected chi connectivity index (χ2v) is 6.26. The molecule has 27 heavy (non-hydrogen) atoms. The first-order valence-electron chi connectivity index (χ1n) is 8.93. The van der Waals surface area contributed by atoms with Gasteiger partial charge in [-0.3, -0.25) is 14.9 Å². The Hall–Kier alpha value is -3.27.